The maximum absolute atomic E-state index is 11.7. The van der Waals surface area contributed by atoms with Gasteiger partial charge in [-0.1, -0.05) is 35.0 Å². The Morgan fingerprint density at radius 1 is 1.14 bits per heavy atom. The topological polar surface area (TPSA) is 47.7 Å². The first-order chi connectivity index (χ1) is 10.3. The van der Waals surface area contributed by atoms with Gasteiger partial charge < -0.3 is 9.84 Å². The van der Waals surface area contributed by atoms with Crippen LogP contribution in [0.5, 0.6) is 5.75 Å². The predicted octanol–water partition coefficient (Wildman–Crippen LogP) is 1.95. The van der Waals surface area contributed by atoms with Crippen LogP contribution in [0.25, 0.3) is 0 Å². The Balaban J connectivity index is 1.92. The van der Waals surface area contributed by atoms with Gasteiger partial charge in [0.1, 0.15) is 5.75 Å². The molecule has 1 atom stereocenters. The van der Waals surface area contributed by atoms with Gasteiger partial charge in [0.2, 0.25) is 12.3 Å². The lowest BCUT2D eigenvalue weighted by molar-refractivity contribution is -0.563. The van der Waals surface area contributed by atoms with Gasteiger partial charge in [-0.05, 0) is 29.4 Å². The summed E-state index contributed by atoms with van der Waals surface area (Å²) in [6.45, 7) is 0. The number of nitrogens with zero attached hydrogens (tertiary/aromatic N) is 2. The molecule has 0 saturated heterocycles. The van der Waals surface area contributed by atoms with E-state index in [1.807, 2.05) is 60.8 Å². The molecule has 1 aliphatic rings. The number of hydrazone groups is 1. The minimum absolute atomic E-state index is 0.0270. The number of methoxy groups -OCH3 is 1. The lowest BCUT2D eigenvalue weighted by Crippen LogP contribution is -2.15. The van der Waals surface area contributed by atoms with Crippen LogP contribution in [0.4, 0.5) is 0 Å². The first-order valence-corrected chi connectivity index (χ1v) is 6.83. The van der Waals surface area contributed by atoms with Crippen LogP contribution >= 0.6 is 0 Å². The van der Waals surface area contributed by atoms with Crippen molar-refractivity contribution in [1.29, 1.82) is 0 Å². The number of rotatable bonds is 3. The highest BCUT2D eigenvalue weighted by Gasteiger charge is 2.29. The fraction of sp³-hybridized carbons (Fsp3) is 0.176. The molecule has 4 nitrogen and oxygen atoms in total. The summed E-state index contributed by atoms with van der Waals surface area (Å²) in [5.41, 5.74) is 2.08. The van der Waals surface area contributed by atoms with Gasteiger partial charge in [-0.2, -0.15) is 0 Å². The molecule has 0 aliphatic carbocycles. The third kappa shape index (κ3) is 2.94. The smallest absolute Gasteiger partial charge is 0.213 e. The summed E-state index contributed by atoms with van der Waals surface area (Å²) >= 11 is 0. The van der Waals surface area contributed by atoms with Gasteiger partial charge in [-0.25, -0.2) is 0 Å². The highest BCUT2D eigenvalue weighted by atomic mass is 16.5. The second-order valence-electron chi connectivity index (χ2n) is 4.91. The highest BCUT2D eigenvalue weighted by Crippen LogP contribution is 2.25. The first kappa shape index (κ1) is 13.4. The zero-order valence-corrected chi connectivity index (χ0v) is 11.8. The highest BCUT2D eigenvalue weighted by molar-refractivity contribution is 5.78. The van der Waals surface area contributed by atoms with Gasteiger partial charge in [0.15, 0.2) is 0 Å². The fourth-order valence-corrected chi connectivity index (χ4v) is 2.41. The Labute approximate surface area is 123 Å². The second kappa shape index (κ2) is 5.79. The standard InChI is InChI=1S/C17H16N2O2/c1-21-15-9-7-13(8-10-15)12-19-16(11-17(20)18-19)14-5-3-2-4-6-14/h2-10,12,16H,11H2,1H3/b19-12-. The maximum Gasteiger partial charge on any atom is 0.213 e. The second-order valence-corrected chi connectivity index (χ2v) is 4.91. The lowest BCUT2D eigenvalue weighted by atomic mass is 10.0. The van der Waals surface area contributed by atoms with Crippen molar-refractivity contribution in [3.05, 3.63) is 65.7 Å². The lowest BCUT2D eigenvalue weighted by Gasteiger charge is -2.06. The zero-order valence-electron chi connectivity index (χ0n) is 11.8. The molecule has 1 heterocycles. The Bertz CT molecular complexity index is 676. The van der Waals surface area contributed by atoms with Crippen LogP contribution in [0.1, 0.15) is 23.6 Å². The Hall–Kier alpha value is -2.62. The molecular weight excluding hydrogens is 264 g/mol. The summed E-state index contributed by atoms with van der Waals surface area (Å²) in [6.07, 6.45) is 2.30. The molecule has 106 valence electrons. The van der Waals surface area contributed by atoms with Gasteiger partial charge in [0.05, 0.1) is 13.5 Å². The van der Waals surface area contributed by atoms with Gasteiger partial charge in [-0.3, -0.25) is 0 Å². The zero-order chi connectivity index (χ0) is 14.7. The van der Waals surface area contributed by atoms with Gasteiger partial charge in [0.25, 0.3) is 0 Å². The summed E-state index contributed by atoms with van der Waals surface area (Å²) in [6, 6.07) is 17.6. The minimum atomic E-state index is -0.0892. The fourth-order valence-electron chi connectivity index (χ4n) is 2.41. The summed E-state index contributed by atoms with van der Waals surface area (Å²) in [4.78, 5) is 0. The molecule has 0 amide bonds. The van der Waals surface area contributed by atoms with E-state index in [1.54, 1.807) is 11.8 Å². The van der Waals surface area contributed by atoms with Crippen LogP contribution in [0.3, 0.4) is 0 Å². The minimum Gasteiger partial charge on any atom is -0.857 e. The molecule has 1 unspecified atom stereocenters. The van der Waals surface area contributed by atoms with Gasteiger partial charge >= 0.3 is 0 Å². The number of ether oxygens (including phenoxy) is 1. The molecule has 0 radical (unpaired) electrons. The van der Waals surface area contributed by atoms with Crippen molar-refractivity contribution in [3.63, 3.8) is 0 Å². The molecule has 4 heteroatoms. The molecule has 0 N–H and O–H groups in total. The van der Waals surface area contributed by atoms with Crippen LogP contribution in [-0.2, 0) is 0 Å². The summed E-state index contributed by atoms with van der Waals surface area (Å²) in [7, 11) is 1.64. The molecule has 21 heavy (non-hydrogen) atoms. The average molecular weight is 280 g/mol. The van der Waals surface area contributed by atoms with E-state index in [9.17, 15) is 5.11 Å². The van der Waals surface area contributed by atoms with Crippen molar-refractivity contribution < 1.29 is 14.5 Å². The van der Waals surface area contributed by atoms with E-state index in [0.29, 0.717) is 6.42 Å². The Morgan fingerprint density at radius 3 is 2.52 bits per heavy atom. The summed E-state index contributed by atoms with van der Waals surface area (Å²) < 4.78 is 6.89. The van der Waals surface area contributed by atoms with Crippen LogP contribution in [0.15, 0.2) is 59.7 Å². The first-order valence-electron chi connectivity index (χ1n) is 6.83. The third-order valence-electron chi connectivity index (χ3n) is 3.50. The van der Waals surface area contributed by atoms with Crippen molar-refractivity contribution >= 4 is 12.1 Å². The van der Waals surface area contributed by atoms with Gasteiger partial charge in [0, 0.05) is 17.0 Å². The van der Waals surface area contributed by atoms with Crippen molar-refractivity contribution in [2.24, 2.45) is 5.10 Å². The van der Waals surface area contributed by atoms with Crippen molar-refractivity contribution in [2.45, 2.75) is 12.5 Å². The SMILES string of the molecule is COc1ccc(/C=[N+]2\N=C([O-])CC2c2ccccc2)cc1. The Kier molecular flexibility index (Phi) is 3.69. The van der Waals surface area contributed by atoms with E-state index < -0.39 is 0 Å². The summed E-state index contributed by atoms with van der Waals surface area (Å²) in [5.74, 6) is 0.717. The number of hydrogen-bond donors (Lipinski definition) is 0. The Morgan fingerprint density at radius 2 is 1.86 bits per heavy atom. The van der Waals surface area contributed by atoms with E-state index in [1.165, 1.54) is 0 Å². The molecule has 0 bridgehead atoms. The van der Waals surface area contributed by atoms with Crippen LogP contribution in [0, 0.1) is 0 Å². The number of hydrogen-bond acceptors (Lipinski definition) is 3. The van der Waals surface area contributed by atoms with E-state index in [4.69, 9.17) is 4.74 Å². The van der Waals surface area contributed by atoms with Gasteiger partial charge in [-0.15, -0.1) is 0 Å². The van der Waals surface area contributed by atoms with Crippen LogP contribution in [0.2, 0.25) is 0 Å². The molecule has 3 rings (SSSR count). The van der Waals surface area contributed by atoms with Crippen molar-refractivity contribution in [2.75, 3.05) is 7.11 Å². The monoisotopic (exact) mass is 280 g/mol. The molecule has 2 aromatic carbocycles. The molecule has 0 aromatic heterocycles. The molecule has 2 aromatic rings. The predicted molar refractivity (Wildman–Crippen MR) is 79.7 cm³/mol. The van der Waals surface area contributed by atoms with E-state index >= 15 is 0 Å². The van der Waals surface area contributed by atoms with Crippen LogP contribution in [-0.4, -0.2) is 23.9 Å². The van der Waals surface area contributed by atoms with Crippen LogP contribution < -0.4 is 9.84 Å². The van der Waals surface area contributed by atoms with Crippen molar-refractivity contribution in [1.82, 2.24) is 0 Å². The largest absolute Gasteiger partial charge is 0.857 e. The van der Waals surface area contributed by atoms with E-state index in [2.05, 4.69) is 5.10 Å². The molecule has 1 aliphatic heterocycles. The van der Waals surface area contributed by atoms with Crippen molar-refractivity contribution in [3.8, 4) is 5.75 Å². The third-order valence-corrected chi connectivity index (χ3v) is 3.50. The van der Waals surface area contributed by atoms with E-state index in [-0.39, 0.29) is 11.9 Å². The normalized spacial score (nSPS) is 19.6. The molecule has 0 saturated carbocycles. The van der Waals surface area contributed by atoms with E-state index in [0.717, 1.165) is 16.9 Å². The molecular formula is C17H16N2O2. The number of benzene rings is 2. The quantitative estimate of drug-likeness (QED) is 0.807. The average Bonchev–Trinajstić information content (AvgIpc) is 2.89. The summed E-state index contributed by atoms with van der Waals surface area (Å²) in [5, 5.41) is 15.8. The molecule has 0 fully saturated rings. The molecule has 0 spiro atoms. The maximum atomic E-state index is 11.7.